The van der Waals surface area contributed by atoms with E-state index in [2.05, 4.69) is 25.7 Å². The van der Waals surface area contributed by atoms with E-state index in [9.17, 15) is 0 Å². The Hall–Kier alpha value is -0.0400. The molecule has 1 nitrogen and oxygen atoms in total. The molecule has 2 atom stereocenters. The molecule has 0 aliphatic carbocycles. The summed E-state index contributed by atoms with van der Waals surface area (Å²) in [6.07, 6.45) is 7.04. The van der Waals surface area contributed by atoms with Crippen LogP contribution in [0.3, 0.4) is 0 Å². The fourth-order valence-electron chi connectivity index (χ4n) is 2.46. The molecule has 1 heteroatoms. The highest BCUT2D eigenvalue weighted by atomic mass is 15.2. The maximum absolute atomic E-state index is 2.68. The predicted octanol–water partition coefficient (Wildman–Crippen LogP) is 3.30. The summed E-state index contributed by atoms with van der Waals surface area (Å²) in [6.45, 7) is 9.59. The zero-order valence-corrected chi connectivity index (χ0v) is 9.55. The van der Waals surface area contributed by atoms with Crippen LogP contribution in [0.1, 0.15) is 52.9 Å². The average molecular weight is 183 g/mol. The highest BCUT2D eigenvalue weighted by Gasteiger charge is 2.24. The second-order valence-electron chi connectivity index (χ2n) is 4.55. The number of nitrogens with zero attached hydrogens (tertiary/aromatic N) is 1. The lowest BCUT2D eigenvalue weighted by atomic mass is 9.90. The Morgan fingerprint density at radius 2 is 2.08 bits per heavy atom. The molecule has 1 fully saturated rings. The minimum Gasteiger partial charge on any atom is -0.301 e. The largest absolute Gasteiger partial charge is 0.301 e. The molecule has 0 aromatic carbocycles. The normalized spacial score (nSPS) is 30.7. The Labute approximate surface area is 83.5 Å². The summed E-state index contributed by atoms with van der Waals surface area (Å²) in [5.74, 6) is 0.963. The van der Waals surface area contributed by atoms with Crippen LogP contribution in [0.15, 0.2) is 0 Å². The van der Waals surface area contributed by atoms with E-state index in [1.165, 1.54) is 45.2 Å². The van der Waals surface area contributed by atoms with Gasteiger partial charge >= 0.3 is 0 Å². The van der Waals surface area contributed by atoms with Crippen molar-refractivity contribution in [1.29, 1.82) is 0 Å². The average Bonchev–Trinajstić information content (AvgIpc) is 2.15. The van der Waals surface area contributed by atoms with Gasteiger partial charge in [-0.15, -0.1) is 0 Å². The summed E-state index contributed by atoms with van der Waals surface area (Å²) < 4.78 is 0. The van der Waals surface area contributed by atoms with Crippen molar-refractivity contribution < 1.29 is 0 Å². The highest BCUT2D eigenvalue weighted by molar-refractivity contribution is 4.79. The number of hydrogen-bond donors (Lipinski definition) is 0. The van der Waals surface area contributed by atoms with Crippen molar-refractivity contribution in [2.45, 2.75) is 58.9 Å². The molecule has 0 radical (unpaired) electrons. The molecule has 1 rings (SSSR count). The number of unbranched alkanes of at least 4 members (excludes halogenated alkanes) is 1. The molecule has 0 bridgehead atoms. The summed E-state index contributed by atoms with van der Waals surface area (Å²) >= 11 is 0. The second kappa shape index (κ2) is 5.64. The highest BCUT2D eigenvalue weighted by Crippen LogP contribution is 2.25. The molecule has 0 spiro atoms. The van der Waals surface area contributed by atoms with Gasteiger partial charge in [0.05, 0.1) is 0 Å². The summed E-state index contributed by atoms with van der Waals surface area (Å²) in [5, 5.41) is 0. The van der Waals surface area contributed by atoms with Gasteiger partial charge in [0, 0.05) is 6.04 Å². The van der Waals surface area contributed by atoms with Crippen molar-refractivity contribution in [3.05, 3.63) is 0 Å². The van der Waals surface area contributed by atoms with Crippen LogP contribution in [0.25, 0.3) is 0 Å². The first-order valence-corrected chi connectivity index (χ1v) is 6.02. The van der Waals surface area contributed by atoms with E-state index in [4.69, 9.17) is 0 Å². The van der Waals surface area contributed by atoms with E-state index in [0.29, 0.717) is 0 Å². The molecule has 1 aliphatic heterocycles. The Balaban J connectivity index is 2.35. The summed E-state index contributed by atoms with van der Waals surface area (Å²) in [5.41, 5.74) is 0. The lowest BCUT2D eigenvalue weighted by Gasteiger charge is -2.38. The molecule has 1 aliphatic rings. The van der Waals surface area contributed by atoms with Gasteiger partial charge in [-0.25, -0.2) is 0 Å². The van der Waals surface area contributed by atoms with Gasteiger partial charge in [0.25, 0.3) is 0 Å². The third-order valence-corrected chi connectivity index (χ3v) is 3.40. The first kappa shape index (κ1) is 11.0. The zero-order chi connectivity index (χ0) is 9.68. The topological polar surface area (TPSA) is 3.24 Å². The Morgan fingerprint density at radius 3 is 2.69 bits per heavy atom. The van der Waals surface area contributed by atoms with Crippen LogP contribution in [0.2, 0.25) is 0 Å². The SMILES string of the molecule is CCCCC1CC(C)CCN1CC. The molecule has 1 heterocycles. The van der Waals surface area contributed by atoms with Gasteiger partial charge in [0.15, 0.2) is 0 Å². The quantitative estimate of drug-likeness (QED) is 0.646. The van der Waals surface area contributed by atoms with Crippen LogP contribution in [-0.2, 0) is 0 Å². The smallest absolute Gasteiger partial charge is 0.00976 e. The standard InChI is InChI=1S/C12H25N/c1-4-6-7-12-10-11(3)8-9-13(12)5-2/h11-12H,4-10H2,1-3H3. The summed E-state index contributed by atoms with van der Waals surface area (Å²) in [4.78, 5) is 2.68. The molecule has 1 saturated heterocycles. The number of likely N-dealkylation sites (tertiary alicyclic amines) is 1. The van der Waals surface area contributed by atoms with Crippen LogP contribution < -0.4 is 0 Å². The van der Waals surface area contributed by atoms with Crippen molar-refractivity contribution in [2.24, 2.45) is 5.92 Å². The van der Waals surface area contributed by atoms with Gasteiger partial charge in [-0.1, -0.05) is 33.6 Å². The van der Waals surface area contributed by atoms with E-state index >= 15 is 0 Å². The Kier molecular flexibility index (Phi) is 4.79. The van der Waals surface area contributed by atoms with Gasteiger partial charge in [0.1, 0.15) is 0 Å². The molecule has 78 valence electrons. The predicted molar refractivity (Wildman–Crippen MR) is 59.0 cm³/mol. The first-order chi connectivity index (χ1) is 6.27. The molecule has 0 saturated carbocycles. The van der Waals surface area contributed by atoms with Crippen LogP contribution in [-0.4, -0.2) is 24.0 Å². The lowest BCUT2D eigenvalue weighted by molar-refractivity contribution is 0.116. The third-order valence-electron chi connectivity index (χ3n) is 3.40. The number of piperidine rings is 1. The molecular formula is C12H25N. The molecule has 0 amide bonds. The molecule has 0 aromatic rings. The fraction of sp³-hybridized carbons (Fsp3) is 1.00. The maximum atomic E-state index is 2.68. The maximum Gasteiger partial charge on any atom is 0.00976 e. The molecule has 13 heavy (non-hydrogen) atoms. The van der Waals surface area contributed by atoms with E-state index in [-0.39, 0.29) is 0 Å². The van der Waals surface area contributed by atoms with Crippen molar-refractivity contribution in [1.82, 2.24) is 4.90 Å². The Bertz CT molecular complexity index is 133. The lowest BCUT2D eigenvalue weighted by Crippen LogP contribution is -2.41. The molecular weight excluding hydrogens is 158 g/mol. The van der Waals surface area contributed by atoms with Crippen molar-refractivity contribution in [3.63, 3.8) is 0 Å². The molecule has 0 N–H and O–H groups in total. The van der Waals surface area contributed by atoms with E-state index in [1.807, 2.05) is 0 Å². The van der Waals surface area contributed by atoms with E-state index < -0.39 is 0 Å². The van der Waals surface area contributed by atoms with Gasteiger partial charge in [-0.05, 0) is 38.3 Å². The second-order valence-corrected chi connectivity index (χ2v) is 4.55. The fourth-order valence-corrected chi connectivity index (χ4v) is 2.46. The van der Waals surface area contributed by atoms with Crippen molar-refractivity contribution in [3.8, 4) is 0 Å². The third kappa shape index (κ3) is 3.30. The van der Waals surface area contributed by atoms with Gasteiger partial charge in [0.2, 0.25) is 0 Å². The Morgan fingerprint density at radius 1 is 1.31 bits per heavy atom. The zero-order valence-electron chi connectivity index (χ0n) is 9.55. The molecule has 0 aromatic heterocycles. The first-order valence-electron chi connectivity index (χ1n) is 6.02. The minimum absolute atomic E-state index is 0.897. The van der Waals surface area contributed by atoms with Gasteiger partial charge in [-0.3, -0.25) is 0 Å². The summed E-state index contributed by atoms with van der Waals surface area (Å²) in [7, 11) is 0. The van der Waals surface area contributed by atoms with Crippen molar-refractivity contribution >= 4 is 0 Å². The van der Waals surface area contributed by atoms with Gasteiger partial charge < -0.3 is 4.90 Å². The van der Waals surface area contributed by atoms with E-state index in [0.717, 1.165) is 12.0 Å². The van der Waals surface area contributed by atoms with Crippen LogP contribution in [0.5, 0.6) is 0 Å². The van der Waals surface area contributed by atoms with Crippen LogP contribution >= 0.6 is 0 Å². The van der Waals surface area contributed by atoms with Crippen molar-refractivity contribution in [2.75, 3.05) is 13.1 Å². The summed E-state index contributed by atoms with van der Waals surface area (Å²) in [6, 6.07) is 0.897. The van der Waals surface area contributed by atoms with E-state index in [1.54, 1.807) is 0 Å². The molecule has 2 unspecified atom stereocenters. The number of hydrogen-bond acceptors (Lipinski definition) is 1. The number of rotatable bonds is 4. The monoisotopic (exact) mass is 183 g/mol. The van der Waals surface area contributed by atoms with Crippen LogP contribution in [0, 0.1) is 5.92 Å². The minimum atomic E-state index is 0.897. The van der Waals surface area contributed by atoms with Crippen LogP contribution in [0.4, 0.5) is 0 Å². The van der Waals surface area contributed by atoms with Gasteiger partial charge in [-0.2, -0.15) is 0 Å².